The first-order valence-corrected chi connectivity index (χ1v) is 12.0. The number of nitrogens with one attached hydrogen (secondary N) is 3. The molecular formula is C21H25F2N5O5S. The van der Waals surface area contributed by atoms with Crippen molar-refractivity contribution in [2.45, 2.75) is 45.2 Å². The largest absolute Gasteiger partial charge is 0.444 e. The Hall–Kier alpha value is -3.19. The van der Waals surface area contributed by atoms with E-state index in [0.717, 1.165) is 25.4 Å². The Morgan fingerprint density at radius 1 is 1.29 bits per heavy atom. The molecule has 34 heavy (non-hydrogen) atoms. The number of nitrogens with zero attached hydrogens (tertiary/aromatic N) is 2. The molecule has 1 saturated heterocycles. The molecule has 1 atom stereocenters. The van der Waals surface area contributed by atoms with Crippen LogP contribution in [0.25, 0.3) is 0 Å². The molecule has 3 rings (SSSR count). The minimum absolute atomic E-state index is 0.00514. The van der Waals surface area contributed by atoms with Crippen molar-refractivity contribution >= 4 is 33.0 Å². The number of anilines is 2. The summed E-state index contributed by atoms with van der Waals surface area (Å²) in [7, 11) is -3.20. The van der Waals surface area contributed by atoms with Crippen LogP contribution < -0.4 is 15.4 Å². The molecule has 1 aliphatic heterocycles. The molecule has 184 valence electrons. The third-order valence-corrected chi connectivity index (χ3v) is 7.04. The molecule has 0 aromatic carbocycles. The highest BCUT2D eigenvalue weighted by Crippen LogP contribution is 2.28. The average Bonchev–Trinajstić information content (AvgIpc) is 2.67. The van der Waals surface area contributed by atoms with Crippen molar-refractivity contribution in [1.29, 1.82) is 5.41 Å². The molecular weight excluding hydrogens is 472 g/mol. The summed E-state index contributed by atoms with van der Waals surface area (Å²) in [5.74, 6) is -2.10. The van der Waals surface area contributed by atoms with Crippen molar-refractivity contribution in [2.75, 3.05) is 16.8 Å². The summed E-state index contributed by atoms with van der Waals surface area (Å²) in [5, 5.41) is 24.0. The molecule has 2 aromatic rings. The van der Waals surface area contributed by atoms with Crippen molar-refractivity contribution in [3.05, 3.63) is 41.5 Å². The van der Waals surface area contributed by atoms with Gasteiger partial charge >= 0.3 is 0 Å². The Balaban J connectivity index is 1.95. The van der Waals surface area contributed by atoms with Crippen LogP contribution >= 0.6 is 0 Å². The van der Waals surface area contributed by atoms with Crippen molar-refractivity contribution in [3.8, 4) is 5.88 Å². The lowest BCUT2D eigenvalue weighted by molar-refractivity contribution is 0.0808. The number of carbonyl (C=O) groups is 1. The summed E-state index contributed by atoms with van der Waals surface area (Å²) in [6.45, 7) is 5.44. The zero-order chi connectivity index (χ0) is 25.5. The highest BCUT2D eigenvalue weighted by atomic mass is 32.2. The third kappa shape index (κ3) is 5.83. The quantitative estimate of drug-likeness (QED) is 0.404. The molecule has 10 nitrogen and oxygen atoms in total. The summed E-state index contributed by atoms with van der Waals surface area (Å²) in [5.41, 5.74) is -3.09. The molecule has 1 amide bonds. The Morgan fingerprint density at radius 3 is 2.50 bits per heavy atom. The van der Waals surface area contributed by atoms with Gasteiger partial charge in [0.05, 0.1) is 40.2 Å². The van der Waals surface area contributed by atoms with Gasteiger partial charge < -0.3 is 25.9 Å². The first-order valence-electron chi connectivity index (χ1n) is 10.2. The maximum atomic E-state index is 14.3. The molecule has 3 heterocycles. The van der Waals surface area contributed by atoms with E-state index in [1.807, 2.05) is 0 Å². The van der Waals surface area contributed by atoms with Gasteiger partial charge in [-0.15, -0.1) is 0 Å². The average molecular weight is 498 g/mol. The summed E-state index contributed by atoms with van der Waals surface area (Å²) >= 11 is 0. The third-order valence-electron chi connectivity index (χ3n) is 4.89. The van der Waals surface area contributed by atoms with E-state index < -0.39 is 39.1 Å². The zero-order valence-corrected chi connectivity index (χ0v) is 19.8. The van der Waals surface area contributed by atoms with Gasteiger partial charge in [-0.05, 0) is 26.8 Å². The number of amides is 1. The van der Waals surface area contributed by atoms with Crippen molar-refractivity contribution < 1.29 is 31.8 Å². The van der Waals surface area contributed by atoms with Gasteiger partial charge in [-0.25, -0.2) is 27.2 Å². The van der Waals surface area contributed by atoms with Crippen LogP contribution in [0.3, 0.4) is 0 Å². The second kappa shape index (κ2) is 8.87. The topological polar surface area (TPSA) is 154 Å². The Labute approximate surface area is 195 Å². The number of hydrogen-bond donors (Lipinski definition) is 4. The van der Waals surface area contributed by atoms with Crippen LogP contribution in [0, 0.1) is 11.2 Å². The van der Waals surface area contributed by atoms with Crippen molar-refractivity contribution in [2.24, 2.45) is 0 Å². The minimum Gasteiger partial charge on any atom is -0.444 e. The fourth-order valence-corrected chi connectivity index (χ4v) is 5.43. The SMILES string of the molecule is CC(F)Oc1cc(Nc2ncc(C(=O)NC3(C)CS(=O)(=O)C3)cc2C(=N)C(C)(C)O)c(F)cn1. The Kier molecular flexibility index (Phi) is 6.64. The van der Waals surface area contributed by atoms with Crippen LogP contribution in [0.1, 0.15) is 43.6 Å². The van der Waals surface area contributed by atoms with Crippen LogP contribution in [0.2, 0.25) is 0 Å². The molecule has 0 aliphatic carbocycles. The fraction of sp³-hybridized carbons (Fsp3) is 0.429. The standard InChI is InChI=1S/C21H25F2N5O5S/c1-11(22)33-16-6-15(14(23)8-25-16)27-18-13(17(24)20(2,3)30)5-12(7-26-18)19(29)28-21(4)9-34(31,32)10-21/h5-8,11,24,30H,9-10H2,1-4H3,(H,28,29)(H,25,26,27). The van der Waals surface area contributed by atoms with Crippen LogP contribution in [-0.4, -0.2) is 64.1 Å². The summed E-state index contributed by atoms with van der Waals surface area (Å²) in [4.78, 5) is 20.5. The van der Waals surface area contributed by atoms with Crippen molar-refractivity contribution in [3.63, 3.8) is 0 Å². The van der Waals surface area contributed by atoms with Gasteiger partial charge in [0.15, 0.2) is 15.7 Å². The number of sulfone groups is 1. The summed E-state index contributed by atoms with van der Waals surface area (Å²) < 4.78 is 55.3. The first kappa shape index (κ1) is 25.4. The zero-order valence-electron chi connectivity index (χ0n) is 18.9. The maximum absolute atomic E-state index is 14.3. The van der Waals surface area contributed by atoms with Crippen molar-refractivity contribution in [1.82, 2.24) is 15.3 Å². The number of pyridine rings is 2. The van der Waals surface area contributed by atoms with E-state index in [4.69, 9.17) is 10.1 Å². The van der Waals surface area contributed by atoms with Gasteiger partial charge in [-0.3, -0.25) is 4.79 Å². The van der Waals surface area contributed by atoms with Crippen LogP contribution in [0.15, 0.2) is 24.5 Å². The number of aromatic nitrogens is 2. The maximum Gasteiger partial charge on any atom is 0.253 e. The van der Waals surface area contributed by atoms with Crippen LogP contribution in [0.4, 0.5) is 20.3 Å². The first-order chi connectivity index (χ1) is 15.6. The Bertz CT molecular complexity index is 1230. The molecule has 4 N–H and O–H groups in total. The summed E-state index contributed by atoms with van der Waals surface area (Å²) in [6.07, 6.45) is 0.291. The number of ether oxygens (including phenoxy) is 1. The second-order valence-electron chi connectivity index (χ2n) is 8.89. The van der Waals surface area contributed by atoms with E-state index in [9.17, 15) is 27.1 Å². The van der Waals surface area contributed by atoms with Gasteiger partial charge in [0.25, 0.3) is 5.91 Å². The van der Waals surface area contributed by atoms with E-state index in [1.165, 1.54) is 19.9 Å². The molecule has 1 unspecified atom stereocenters. The predicted molar refractivity (Wildman–Crippen MR) is 121 cm³/mol. The molecule has 0 bridgehead atoms. The van der Waals surface area contributed by atoms with Crippen LogP contribution in [0.5, 0.6) is 5.88 Å². The lowest BCUT2D eigenvalue weighted by Crippen LogP contribution is -2.63. The van der Waals surface area contributed by atoms with Gasteiger partial charge in [0, 0.05) is 24.8 Å². The molecule has 0 radical (unpaired) electrons. The summed E-state index contributed by atoms with van der Waals surface area (Å²) in [6, 6.07) is 2.38. The van der Waals surface area contributed by atoms with E-state index in [2.05, 4.69) is 20.6 Å². The monoisotopic (exact) mass is 497 g/mol. The highest BCUT2D eigenvalue weighted by molar-refractivity contribution is 7.93. The minimum atomic E-state index is -3.20. The number of alkyl halides is 1. The van der Waals surface area contributed by atoms with E-state index in [1.54, 1.807) is 6.92 Å². The van der Waals surface area contributed by atoms with E-state index in [-0.39, 0.29) is 45.7 Å². The van der Waals surface area contributed by atoms with Gasteiger partial charge in [0.1, 0.15) is 11.4 Å². The second-order valence-corrected chi connectivity index (χ2v) is 11.0. The molecule has 0 saturated carbocycles. The molecule has 1 fully saturated rings. The molecule has 0 spiro atoms. The lowest BCUT2D eigenvalue weighted by atomic mass is 9.95. The number of aliphatic hydroxyl groups is 1. The van der Waals surface area contributed by atoms with Gasteiger partial charge in [-0.2, -0.15) is 0 Å². The Morgan fingerprint density at radius 2 is 1.94 bits per heavy atom. The molecule has 13 heteroatoms. The van der Waals surface area contributed by atoms with E-state index >= 15 is 0 Å². The van der Waals surface area contributed by atoms with Crippen LogP contribution in [-0.2, 0) is 9.84 Å². The highest BCUT2D eigenvalue weighted by Gasteiger charge is 2.45. The lowest BCUT2D eigenvalue weighted by Gasteiger charge is -2.38. The van der Waals surface area contributed by atoms with Gasteiger partial charge in [-0.1, -0.05) is 0 Å². The predicted octanol–water partition coefficient (Wildman–Crippen LogP) is 2.11. The number of hydrogen-bond acceptors (Lipinski definition) is 9. The normalized spacial score (nSPS) is 17.3. The number of rotatable bonds is 8. The number of halogens is 2. The van der Waals surface area contributed by atoms with Gasteiger partial charge in [0.2, 0.25) is 12.2 Å². The number of carbonyl (C=O) groups excluding carboxylic acids is 1. The molecule has 2 aromatic heterocycles. The fourth-order valence-electron chi connectivity index (χ4n) is 3.43. The smallest absolute Gasteiger partial charge is 0.253 e. The molecule has 1 aliphatic rings. The van der Waals surface area contributed by atoms with E-state index in [0.29, 0.717) is 0 Å².